The third-order valence-electron chi connectivity index (χ3n) is 4.75. The second-order valence-electron chi connectivity index (χ2n) is 6.37. The second kappa shape index (κ2) is 4.30. The van der Waals surface area contributed by atoms with Crippen LogP contribution in [0, 0.1) is 22.6 Å². The molecule has 20 heavy (non-hydrogen) atoms. The van der Waals surface area contributed by atoms with Gasteiger partial charge in [0.25, 0.3) is 0 Å². The summed E-state index contributed by atoms with van der Waals surface area (Å²) >= 11 is 0. The van der Waals surface area contributed by atoms with Crippen LogP contribution in [0.15, 0.2) is 18.2 Å². The average Bonchev–Trinajstić information content (AvgIpc) is 2.68. The summed E-state index contributed by atoms with van der Waals surface area (Å²) in [5, 5.41) is 11.4. The highest BCUT2D eigenvalue weighted by molar-refractivity contribution is 5.96. The van der Waals surface area contributed by atoms with Gasteiger partial charge in [-0.2, -0.15) is 0 Å². The Bertz CT molecular complexity index is 579. The largest absolute Gasteiger partial charge is 0.478 e. The number of rotatable bonds is 3. The molecule has 0 aliphatic heterocycles. The number of nitrogens with one attached hydrogen (secondary N) is 1. The molecular formula is C15H18FNO3. The second-order valence-corrected chi connectivity index (χ2v) is 6.37. The lowest BCUT2D eigenvalue weighted by atomic mass is 10.0. The van der Waals surface area contributed by atoms with Crippen LogP contribution in [0.2, 0.25) is 0 Å². The number of halogens is 1. The number of carboxylic acids is 1. The molecule has 1 aliphatic rings. The fourth-order valence-corrected chi connectivity index (χ4v) is 2.83. The quantitative estimate of drug-likeness (QED) is 0.893. The zero-order valence-corrected chi connectivity index (χ0v) is 12.0. The van der Waals surface area contributed by atoms with Crippen molar-refractivity contribution in [3.8, 4) is 0 Å². The standard InChI is InChI=1S/C15H18FNO3/c1-14(2)11(15(14,3)4)12(18)17-8-5-6-9(13(19)20)10(16)7-8/h5-7,11H,1-4H3,(H,17,18)(H,19,20). The van der Waals surface area contributed by atoms with Crippen LogP contribution in [0.1, 0.15) is 38.1 Å². The number of benzene rings is 1. The van der Waals surface area contributed by atoms with Crippen molar-refractivity contribution in [2.24, 2.45) is 16.7 Å². The SMILES string of the molecule is CC1(C)C(C(=O)Nc2ccc(C(=O)O)c(F)c2)C1(C)C. The molecule has 0 heterocycles. The van der Waals surface area contributed by atoms with Gasteiger partial charge in [0.2, 0.25) is 5.91 Å². The van der Waals surface area contributed by atoms with Gasteiger partial charge in [0.05, 0.1) is 5.56 Å². The Kier molecular flexibility index (Phi) is 3.11. The van der Waals surface area contributed by atoms with Crippen molar-refractivity contribution in [2.45, 2.75) is 27.7 Å². The first-order chi connectivity index (χ1) is 9.09. The van der Waals surface area contributed by atoms with E-state index in [1.165, 1.54) is 6.07 Å². The lowest BCUT2D eigenvalue weighted by Crippen LogP contribution is -2.18. The average molecular weight is 279 g/mol. The van der Waals surface area contributed by atoms with E-state index in [1.54, 1.807) is 0 Å². The molecule has 2 N–H and O–H groups in total. The van der Waals surface area contributed by atoms with E-state index in [4.69, 9.17) is 5.11 Å². The van der Waals surface area contributed by atoms with Crippen LogP contribution in [-0.2, 0) is 4.79 Å². The first-order valence-corrected chi connectivity index (χ1v) is 6.42. The Labute approximate surface area is 117 Å². The molecule has 108 valence electrons. The van der Waals surface area contributed by atoms with E-state index in [9.17, 15) is 14.0 Å². The molecule has 0 bridgehead atoms. The van der Waals surface area contributed by atoms with Crippen LogP contribution in [0.5, 0.6) is 0 Å². The molecule has 1 aromatic rings. The van der Waals surface area contributed by atoms with Gasteiger partial charge in [-0.15, -0.1) is 0 Å². The highest BCUT2D eigenvalue weighted by Crippen LogP contribution is 2.68. The molecule has 0 saturated heterocycles. The van der Waals surface area contributed by atoms with Crippen LogP contribution in [-0.4, -0.2) is 17.0 Å². The summed E-state index contributed by atoms with van der Waals surface area (Å²) in [5.41, 5.74) is -0.334. The number of aromatic carboxylic acids is 1. The Hall–Kier alpha value is -1.91. The van der Waals surface area contributed by atoms with Gasteiger partial charge in [-0.25, -0.2) is 9.18 Å². The predicted molar refractivity (Wildman–Crippen MR) is 73.0 cm³/mol. The smallest absolute Gasteiger partial charge is 0.338 e. The van der Waals surface area contributed by atoms with Gasteiger partial charge < -0.3 is 10.4 Å². The van der Waals surface area contributed by atoms with Crippen LogP contribution >= 0.6 is 0 Å². The summed E-state index contributed by atoms with van der Waals surface area (Å²) in [6.45, 7) is 8.08. The van der Waals surface area contributed by atoms with Crippen molar-refractivity contribution >= 4 is 17.6 Å². The Morgan fingerprint density at radius 3 is 2.15 bits per heavy atom. The maximum atomic E-state index is 13.5. The Balaban J connectivity index is 2.14. The molecule has 0 atom stereocenters. The van der Waals surface area contributed by atoms with Crippen molar-refractivity contribution in [2.75, 3.05) is 5.32 Å². The number of amides is 1. The van der Waals surface area contributed by atoms with E-state index >= 15 is 0 Å². The van der Waals surface area contributed by atoms with Gasteiger partial charge in [-0.3, -0.25) is 4.79 Å². The van der Waals surface area contributed by atoms with Gasteiger partial charge in [0, 0.05) is 11.6 Å². The number of carbonyl (C=O) groups excluding carboxylic acids is 1. The zero-order chi connectivity index (χ0) is 15.3. The van der Waals surface area contributed by atoms with E-state index in [1.807, 2.05) is 27.7 Å². The van der Waals surface area contributed by atoms with E-state index < -0.39 is 17.3 Å². The van der Waals surface area contributed by atoms with E-state index in [2.05, 4.69) is 5.32 Å². The summed E-state index contributed by atoms with van der Waals surface area (Å²) in [6.07, 6.45) is 0. The summed E-state index contributed by atoms with van der Waals surface area (Å²) < 4.78 is 13.5. The number of hydrogen-bond acceptors (Lipinski definition) is 2. The lowest BCUT2D eigenvalue weighted by molar-refractivity contribution is -0.118. The minimum absolute atomic E-state index is 0.101. The minimum Gasteiger partial charge on any atom is -0.478 e. The fourth-order valence-electron chi connectivity index (χ4n) is 2.83. The Morgan fingerprint density at radius 2 is 1.75 bits per heavy atom. The molecule has 0 radical (unpaired) electrons. The van der Waals surface area contributed by atoms with Gasteiger partial charge in [0.1, 0.15) is 5.82 Å². The maximum absolute atomic E-state index is 13.5. The molecule has 0 unspecified atom stereocenters. The summed E-state index contributed by atoms with van der Waals surface area (Å²) in [7, 11) is 0. The molecule has 1 aromatic carbocycles. The zero-order valence-electron chi connectivity index (χ0n) is 12.0. The third kappa shape index (κ3) is 2.07. The molecule has 1 fully saturated rings. The molecule has 1 aliphatic carbocycles. The van der Waals surface area contributed by atoms with E-state index in [0.717, 1.165) is 12.1 Å². The van der Waals surface area contributed by atoms with Gasteiger partial charge in [-0.1, -0.05) is 27.7 Å². The van der Waals surface area contributed by atoms with E-state index in [-0.39, 0.29) is 28.3 Å². The van der Waals surface area contributed by atoms with Crippen molar-refractivity contribution in [3.63, 3.8) is 0 Å². The van der Waals surface area contributed by atoms with Crippen LogP contribution in [0.4, 0.5) is 10.1 Å². The van der Waals surface area contributed by atoms with Crippen LogP contribution in [0.3, 0.4) is 0 Å². The van der Waals surface area contributed by atoms with Gasteiger partial charge >= 0.3 is 5.97 Å². The first kappa shape index (κ1) is 14.5. The fraction of sp³-hybridized carbons (Fsp3) is 0.467. The van der Waals surface area contributed by atoms with Gasteiger partial charge in [-0.05, 0) is 29.0 Å². The maximum Gasteiger partial charge on any atom is 0.338 e. The summed E-state index contributed by atoms with van der Waals surface area (Å²) in [4.78, 5) is 22.9. The lowest BCUT2D eigenvalue weighted by Gasteiger charge is -2.07. The highest BCUT2D eigenvalue weighted by atomic mass is 19.1. The van der Waals surface area contributed by atoms with Crippen molar-refractivity contribution in [3.05, 3.63) is 29.6 Å². The number of anilines is 1. The van der Waals surface area contributed by atoms with Gasteiger partial charge in [0.15, 0.2) is 0 Å². The molecule has 0 aromatic heterocycles. The summed E-state index contributed by atoms with van der Waals surface area (Å²) in [5.74, 6) is -2.49. The Morgan fingerprint density at radius 1 is 1.20 bits per heavy atom. The predicted octanol–water partition coefficient (Wildman–Crippen LogP) is 3.14. The van der Waals surface area contributed by atoms with Crippen molar-refractivity contribution in [1.82, 2.24) is 0 Å². The highest BCUT2D eigenvalue weighted by Gasteiger charge is 2.68. The molecular weight excluding hydrogens is 261 g/mol. The monoisotopic (exact) mass is 279 g/mol. The number of carbonyl (C=O) groups is 2. The topological polar surface area (TPSA) is 66.4 Å². The van der Waals surface area contributed by atoms with E-state index in [0.29, 0.717) is 0 Å². The van der Waals surface area contributed by atoms with Crippen LogP contribution < -0.4 is 5.32 Å². The first-order valence-electron chi connectivity index (χ1n) is 6.42. The number of hydrogen-bond donors (Lipinski definition) is 2. The van der Waals surface area contributed by atoms with Crippen molar-refractivity contribution in [1.29, 1.82) is 0 Å². The minimum atomic E-state index is -1.33. The molecule has 1 amide bonds. The van der Waals surface area contributed by atoms with Crippen LogP contribution in [0.25, 0.3) is 0 Å². The normalized spacial score (nSPS) is 19.4. The number of carboxylic acid groups (broad SMARTS) is 1. The van der Waals surface area contributed by atoms with Crippen molar-refractivity contribution < 1.29 is 19.1 Å². The molecule has 1 saturated carbocycles. The molecule has 5 heteroatoms. The molecule has 0 spiro atoms. The molecule has 4 nitrogen and oxygen atoms in total. The third-order valence-corrected chi connectivity index (χ3v) is 4.75. The molecule has 2 rings (SSSR count). The summed E-state index contributed by atoms with van der Waals surface area (Å²) in [6, 6.07) is 3.58.